The first-order valence-electron chi connectivity index (χ1n) is 6.37. The van der Waals surface area contributed by atoms with Gasteiger partial charge in [-0.15, -0.1) is 0 Å². The molecule has 20 heavy (non-hydrogen) atoms. The molecule has 110 valence electrons. The number of amides is 2. The lowest BCUT2D eigenvalue weighted by Crippen LogP contribution is -2.44. The molecule has 0 saturated carbocycles. The molecular weight excluding hydrogens is 280 g/mol. The first-order chi connectivity index (χ1) is 9.36. The van der Waals surface area contributed by atoms with Crippen molar-refractivity contribution in [3.05, 3.63) is 24.3 Å². The second-order valence-corrected chi connectivity index (χ2v) is 6.91. The minimum Gasteiger partial charge on any atom is -0.490 e. The number of likely N-dealkylation sites (tertiary alicyclic amines) is 1. The van der Waals surface area contributed by atoms with Gasteiger partial charge in [-0.05, 0) is 18.2 Å². The molecule has 1 aromatic rings. The average molecular weight is 298 g/mol. The van der Waals surface area contributed by atoms with E-state index in [2.05, 4.69) is 0 Å². The maximum atomic E-state index is 11.5. The normalized spacial score (nSPS) is 16.9. The van der Waals surface area contributed by atoms with Crippen LogP contribution in [0.5, 0.6) is 5.75 Å². The van der Waals surface area contributed by atoms with Gasteiger partial charge in [-0.25, -0.2) is 13.2 Å². The van der Waals surface area contributed by atoms with Crippen LogP contribution < -0.4 is 10.5 Å². The summed E-state index contributed by atoms with van der Waals surface area (Å²) in [7, 11) is -3.24. The molecule has 1 aromatic carbocycles. The van der Waals surface area contributed by atoms with Gasteiger partial charge in [0.15, 0.2) is 9.84 Å². The molecular formula is C13H18N2O4S. The van der Waals surface area contributed by atoms with Crippen LogP contribution in [-0.2, 0) is 9.84 Å². The van der Waals surface area contributed by atoms with Crippen molar-refractivity contribution >= 4 is 15.9 Å². The molecule has 0 unspecified atom stereocenters. The van der Waals surface area contributed by atoms with Crippen molar-refractivity contribution in [2.45, 2.75) is 23.8 Å². The highest BCUT2D eigenvalue weighted by Gasteiger charge is 2.22. The number of nitrogens with zero attached hydrogens (tertiary/aromatic N) is 1. The van der Waals surface area contributed by atoms with Crippen molar-refractivity contribution in [2.75, 3.05) is 19.3 Å². The van der Waals surface area contributed by atoms with Crippen LogP contribution in [0.3, 0.4) is 0 Å². The summed E-state index contributed by atoms with van der Waals surface area (Å²) in [5.74, 6) is 0.533. The molecule has 0 aliphatic carbocycles. The monoisotopic (exact) mass is 298 g/mol. The Morgan fingerprint density at radius 3 is 2.55 bits per heavy atom. The largest absolute Gasteiger partial charge is 0.490 e. The molecule has 0 radical (unpaired) electrons. The predicted molar refractivity (Wildman–Crippen MR) is 74.4 cm³/mol. The highest BCUT2D eigenvalue weighted by atomic mass is 32.2. The number of carbonyl (C=O) groups excluding carboxylic acids is 1. The van der Waals surface area contributed by atoms with E-state index in [1.54, 1.807) is 17.0 Å². The topological polar surface area (TPSA) is 89.7 Å². The minimum absolute atomic E-state index is 0.0274. The van der Waals surface area contributed by atoms with Crippen LogP contribution in [0.1, 0.15) is 12.8 Å². The Hall–Kier alpha value is -1.76. The second-order valence-electron chi connectivity index (χ2n) is 4.89. The number of primary amides is 1. The zero-order chi connectivity index (χ0) is 14.8. The predicted octanol–water partition coefficient (Wildman–Crippen LogP) is 1.01. The average Bonchev–Trinajstić information content (AvgIpc) is 2.38. The smallest absolute Gasteiger partial charge is 0.314 e. The molecule has 0 spiro atoms. The van der Waals surface area contributed by atoms with Crippen LogP contribution in [0.25, 0.3) is 0 Å². The lowest BCUT2D eigenvalue weighted by Gasteiger charge is -2.31. The summed E-state index contributed by atoms with van der Waals surface area (Å²) in [6.45, 7) is 1.12. The third-order valence-electron chi connectivity index (χ3n) is 3.29. The summed E-state index contributed by atoms with van der Waals surface area (Å²) in [6.07, 6.45) is 2.51. The van der Waals surface area contributed by atoms with Crippen LogP contribution in [0.4, 0.5) is 4.79 Å². The quantitative estimate of drug-likeness (QED) is 0.902. The number of rotatable bonds is 3. The first kappa shape index (κ1) is 14.6. The zero-order valence-electron chi connectivity index (χ0n) is 11.3. The van der Waals surface area contributed by atoms with E-state index in [4.69, 9.17) is 10.5 Å². The van der Waals surface area contributed by atoms with Gasteiger partial charge in [-0.2, -0.15) is 0 Å². The van der Waals surface area contributed by atoms with Crippen molar-refractivity contribution in [2.24, 2.45) is 5.73 Å². The van der Waals surface area contributed by atoms with E-state index >= 15 is 0 Å². The maximum absolute atomic E-state index is 11.5. The lowest BCUT2D eigenvalue weighted by molar-refractivity contribution is 0.114. The molecule has 1 heterocycles. The van der Waals surface area contributed by atoms with Crippen LogP contribution in [0, 0.1) is 0 Å². The highest BCUT2D eigenvalue weighted by Crippen LogP contribution is 2.22. The Labute approximate surface area is 118 Å². The van der Waals surface area contributed by atoms with Crippen molar-refractivity contribution in [1.82, 2.24) is 4.90 Å². The Morgan fingerprint density at radius 2 is 2.00 bits per heavy atom. The SMILES string of the molecule is CS(=O)(=O)c1cccc(OC2CCN(C(N)=O)CC2)c1. The van der Waals surface area contributed by atoms with Gasteiger partial charge in [0.2, 0.25) is 0 Å². The molecule has 0 bridgehead atoms. The van der Waals surface area contributed by atoms with Crippen molar-refractivity contribution in [3.63, 3.8) is 0 Å². The number of carbonyl (C=O) groups is 1. The summed E-state index contributed by atoms with van der Waals surface area (Å²) in [5, 5.41) is 0. The van der Waals surface area contributed by atoms with Crippen LogP contribution in [0.15, 0.2) is 29.2 Å². The fourth-order valence-electron chi connectivity index (χ4n) is 2.16. The van der Waals surface area contributed by atoms with Crippen molar-refractivity contribution in [3.8, 4) is 5.75 Å². The fourth-order valence-corrected chi connectivity index (χ4v) is 2.82. The van der Waals surface area contributed by atoms with Gasteiger partial charge in [-0.3, -0.25) is 0 Å². The number of piperidine rings is 1. The number of sulfone groups is 1. The van der Waals surface area contributed by atoms with Gasteiger partial charge in [0, 0.05) is 32.2 Å². The number of ether oxygens (including phenoxy) is 1. The Morgan fingerprint density at radius 1 is 1.35 bits per heavy atom. The van der Waals surface area contributed by atoms with E-state index < -0.39 is 15.9 Å². The van der Waals surface area contributed by atoms with E-state index in [-0.39, 0.29) is 11.0 Å². The fraction of sp³-hybridized carbons (Fsp3) is 0.462. The third kappa shape index (κ3) is 3.63. The lowest BCUT2D eigenvalue weighted by atomic mass is 10.1. The van der Waals surface area contributed by atoms with E-state index in [0.29, 0.717) is 31.7 Å². The molecule has 2 rings (SSSR count). The summed E-state index contributed by atoms with van der Waals surface area (Å²) in [6, 6.07) is 6.04. The molecule has 1 fully saturated rings. The third-order valence-corrected chi connectivity index (χ3v) is 4.40. The summed E-state index contributed by atoms with van der Waals surface area (Å²) in [5.41, 5.74) is 5.21. The molecule has 1 saturated heterocycles. The molecule has 1 aliphatic rings. The highest BCUT2D eigenvalue weighted by molar-refractivity contribution is 7.90. The standard InChI is InChI=1S/C13H18N2O4S/c1-20(17,18)12-4-2-3-11(9-12)19-10-5-7-15(8-6-10)13(14)16/h2-4,9-10H,5-8H2,1H3,(H2,14,16). The van der Waals surface area contributed by atoms with E-state index in [0.717, 1.165) is 6.26 Å². The molecule has 7 heteroatoms. The van der Waals surface area contributed by atoms with Gasteiger partial charge in [0.25, 0.3) is 0 Å². The van der Waals surface area contributed by atoms with Crippen LogP contribution >= 0.6 is 0 Å². The number of nitrogens with two attached hydrogens (primary N) is 1. The summed E-state index contributed by atoms with van der Waals surface area (Å²) >= 11 is 0. The minimum atomic E-state index is -3.24. The van der Waals surface area contributed by atoms with Gasteiger partial charge in [-0.1, -0.05) is 6.07 Å². The number of urea groups is 1. The Kier molecular flexibility index (Phi) is 4.17. The van der Waals surface area contributed by atoms with Crippen molar-refractivity contribution in [1.29, 1.82) is 0 Å². The van der Waals surface area contributed by atoms with Gasteiger partial charge in [0.05, 0.1) is 4.90 Å². The number of benzene rings is 1. The molecule has 2 N–H and O–H groups in total. The van der Waals surface area contributed by atoms with Gasteiger partial charge >= 0.3 is 6.03 Å². The molecule has 0 aromatic heterocycles. The molecule has 6 nitrogen and oxygen atoms in total. The van der Waals surface area contributed by atoms with E-state index in [1.807, 2.05) is 0 Å². The van der Waals surface area contributed by atoms with Crippen LogP contribution in [0.2, 0.25) is 0 Å². The number of hydrogen-bond donors (Lipinski definition) is 1. The second kappa shape index (κ2) is 5.70. The van der Waals surface area contributed by atoms with E-state index in [1.165, 1.54) is 12.1 Å². The maximum Gasteiger partial charge on any atom is 0.314 e. The number of hydrogen-bond acceptors (Lipinski definition) is 4. The molecule has 2 amide bonds. The Balaban J connectivity index is 2.00. The summed E-state index contributed by atoms with van der Waals surface area (Å²) in [4.78, 5) is 12.8. The Bertz CT molecular complexity index is 592. The zero-order valence-corrected chi connectivity index (χ0v) is 12.1. The molecule has 1 aliphatic heterocycles. The van der Waals surface area contributed by atoms with Crippen LogP contribution in [-0.4, -0.2) is 44.8 Å². The molecule has 0 atom stereocenters. The first-order valence-corrected chi connectivity index (χ1v) is 8.26. The van der Waals surface area contributed by atoms with Gasteiger partial charge in [0.1, 0.15) is 11.9 Å². The van der Waals surface area contributed by atoms with Crippen molar-refractivity contribution < 1.29 is 17.9 Å². The van der Waals surface area contributed by atoms with Gasteiger partial charge < -0.3 is 15.4 Å². The van der Waals surface area contributed by atoms with E-state index in [9.17, 15) is 13.2 Å². The summed E-state index contributed by atoms with van der Waals surface area (Å²) < 4.78 is 28.7.